The normalized spacial score (nSPS) is 11.6. The third-order valence-corrected chi connectivity index (χ3v) is 3.78. The Morgan fingerprint density at radius 2 is 1.61 bits per heavy atom. The molecule has 0 aliphatic heterocycles. The van der Waals surface area contributed by atoms with Gasteiger partial charge in [0, 0.05) is 17.8 Å². The Labute approximate surface area is 140 Å². The highest BCUT2D eigenvalue weighted by Gasteiger charge is 2.12. The summed E-state index contributed by atoms with van der Waals surface area (Å²) < 4.78 is 5.91. The Balaban J connectivity index is 2.01. The minimum absolute atomic E-state index is 0.190. The van der Waals surface area contributed by atoms with Gasteiger partial charge in [-0.15, -0.1) is 0 Å². The summed E-state index contributed by atoms with van der Waals surface area (Å²) in [7, 11) is 0. The molecule has 0 heterocycles. The van der Waals surface area contributed by atoms with E-state index in [1.54, 1.807) is 0 Å². The first-order chi connectivity index (χ1) is 10.9. The molecule has 0 saturated heterocycles. The van der Waals surface area contributed by atoms with Gasteiger partial charge in [-0.05, 0) is 35.1 Å². The topological polar surface area (TPSA) is 21.3 Å². The van der Waals surface area contributed by atoms with Crippen LogP contribution in [0, 0.1) is 5.92 Å². The lowest BCUT2D eigenvalue weighted by molar-refractivity contribution is 0.269. The van der Waals surface area contributed by atoms with Crippen molar-refractivity contribution < 1.29 is 4.74 Å². The Morgan fingerprint density at radius 1 is 0.957 bits per heavy atom. The second-order valence-electron chi connectivity index (χ2n) is 7.49. The molecule has 0 spiro atoms. The van der Waals surface area contributed by atoms with Crippen LogP contribution in [-0.4, -0.2) is 6.61 Å². The summed E-state index contributed by atoms with van der Waals surface area (Å²) in [6, 6.07) is 16.9. The van der Waals surface area contributed by atoms with Crippen LogP contribution in [0.25, 0.3) is 0 Å². The minimum atomic E-state index is 0.190. The van der Waals surface area contributed by atoms with Crippen molar-refractivity contribution in [2.24, 2.45) is 5.92 Å². The molecule has 2 nitrogen and oxygen atoms in total. The van der Waals surface area contributed by atoms with Crippen LogP contribution in [0.1, 0.15) is 45.7 Å². The van der Waals surface area contributed by atoms with Crippen molar-refractivity contribution in [1.29, 1.82) is 0 Å². The quantitative estimate of drug-likeness (QED) is 0.746. The standard InChI is InChI=1S/C21H29NO/c1-16(2)15-23-20-9-7-6-8-17(20)14-22-19-12-10-18(11-13-19)21(3,4)5/h6-13,16,22H,14-15H2,1-5H3. The molecule has 0 aliphatic rings. The molecule has 2 aromatic carbocycles. The van der Waals surface area contributed by atoms with Gasteiger partial charge in [0.1, 0.15) is 5.75 Å². The van der Waals surface area contributed by atoms with E-state index in [-0.39, 0.29) is 5.41 Å². The van der Waals surface area contributed by atoms with Gasteiger partial charge in [0.05, 0.1) is 6.61 Å². The highest BCUT2D eigenvalue weighted by atomic mass is 16.5. The number of hydrogen-bond donors (Lipinski definition) is 1. The molecule has 1 N–H and O–H groups in total. The third-order valence-electron chi connectivity index (χ3n) is 3.78. The van der Waals surface area contributed by atoms with Gasteiger partial charge in [0.25, 0.3) is 0 Å². The summed E-state index contributed by atoms with van der Waals surface area (Å²) in [6.07, 6.45) is 0. The Morgan fingerprint density at radius 3 is 2.22 bits per heavy atom. The van der Waals surface area contributed by atoms with E-state index in [2.05, 4.69) is 76.3 Å². The molecule has 0 aliphatic carbocycles. The number of nitrogens with one attached hydrogen (secondary N) is 1. The predicted octanol–water partition coefficient (Wildman–Crippen LogP) is 5.63. The molecule has 0 radical (unpaired) electrons. The highest BCUT2D eigenvalue weighted by Crippen LogP contribution is 2.24. The average molecular weight is 311 g/mol. The third kappa shape index (κ3) is 5.31. The van der Waals surface area contributed by atoms with E-state index in [9.17, 15) is 0 Å². The number of hydrogen-bond acceptors (Lipinski definition) is 2. The summed E-state index contributed by atoms with van der Waals surface area (Å²) >= 11 is 0. The van der Waals surface area contributed by atoms with E-state index < -0.39 is 0 Å². The summed E-state index contributed by atoms with van der Waals surface area (Å²) in [5.41, 5.74) is 3.86. The molecule has 0 bridgehead atoms. The van der Waals surface area contributed by atoms with Gasteiger partial charge in [-0.1, -0.05) is 65.0 Å². The monoisotopic (exact) mass is 311 g/mol. The van der Waals surface area contributed by atoms with E-state index in [1.807, 2.05) is 12.1 Å². The smallest absolute Gasteiger partial charge is 0.124 e. The van der Waals surface area contributed by atoms with Gasteiger partial charge in [0.2, 0.25) is 0 Å². The summed E-state index contributed by atoms with van der Waals surface area (Å²) in [5.74, 6) is 1.50. The van der Waals surface area contributed by atoms with Gasteiger partial charge in [-0.3, -0.25) is 0 Å². The zero-order valence-corrected chi connectivity index (χ0v) is 15.0. The summed E-state index contributed by atoms with van der Waals surface area (Å²) in [5, 5.41) is 3.49. The number of anilines is 1. The van der Waals surface area contributed by atoms with Gasteiger partial charge in [0.15, 0.2) is 0 Å². The van der Waals surface area contributed by atoms with Crippen molar-refractivity contribution in [3.8, 4) is 5.75 Å². The Kier molecular flexibility index (Phi) is 5.70. The minimum Gasteiger partial charge on any atom is -0.493 e. The maximum Gasteiger partial charge on any atom is 0.124 e. The van der Waals surface area contributed by atoms with Gasteiger partial charge < -0.3 is 10.1 Å². The average Bonchev–Trinajstić information content (AvgIpc) is 2.51. The largest absolute Gasteiger partial charge is 0.493 e. The van der Waals surface area contributed by atoms with E-state index >= 15 is 0 Å². The number of para-hydroxylation sites is 1. The summed E-state index contributed by atoms with van der Waals surface area (Å²) in [6.45, 7) is 12.5. The van der Waals surface area contributed by atoms with E-state index in [1.165, 1.54) is 11.1 Å². The van der Waals surface area contributed by atoms with Crippen LogP contribution in [0.2, 0.25) is 0 Å². The molecule has 0 aromatic heterocycles. The van der Waals surface area contributed by atoms with Crippen molar-refractivity contribution in [3.63, 3.8) is 0 Å². The maximum absolute atomic E-state index is 5.91. The molecule has 0 fully saturated rings. The first-order valence-electron chi connectivity index (χ1n) is 8.41. The molecule has 124 valence electrons. The fourth-order valence-corrected chi connectivity index (χ4v) is 2.33. The molecule has 0 amide bonds. The maximum atomic E-state index is 5.91. The zero-order valence-electron chi connectivity index (χ0n) is 15.0. The van der Waals surface area contributed by atoms with Crippen molar-refractivity contribution in [1.82, 2.24) is 0 Å². The fraction of sp³-hybridized carbons (Fsp3) is 0.429. The van der Waals surface area contributed by atoms with Crippen molar-refractivity contribution in [2.75, 3.05) is 11.9 Å². The lowest BCUT2D eigenvalue weighted by Crippen LogP contribution is -2.11. The van der Waals surface area contributed by atoms with E-state index in [0.29, 0.717) is 5.92 Å². The molecular formula is C21H29NO. The second kappa shape index (κ2) is 7.54. The Bertz CT molecular complexity index is 608. The van der Waals surface area contributed by atoms with Crippen LogP contribution in [0.3, 0.4) is 0 Å². The number of benzene rings is 2. The zero-order chi connectivity index (χ0) is 16.9. The summed E-state index contributed by atoms with van der Waals surface area (Å²) in [4.78, 5) is 0. The van der Waals surface area contributed by atoms with Gasteiger partial charge >= 0.3 is 0 Å². The van der Waals surface area contributed by atoms with Gasteiger partial charge in [-0.2, -0.15) is 0 Å². The van der Waals surface area contributed by atoms with Crippen molar-refractivity contribution in [3.05, 3.63) is 59.7 Å². The number of ether oxygens (including phenoxy) is 1. The lowest BCUT2D eigenvalue weighted by atomic mass is 9.87. The van der Waals surface area contributed by atoms with Crippen LogP contribution in [0.5, 0.6) is 5.75 Å². The SMILES string of the molecule is CC(C)COc1ccccc1CNc1ccc(C(C)(C)C)cc1. The van der Waals surface area contributed by atoms with Crippen molar-refractivity contribution >= 4 is 5.69 Å². The molecule has 2 heteroatoms. The van der Waals surface area contributed by atoms with Crippen molar-refractivity contribution in [2.45, 2.75) is 46.6 Å². The molecule has 0 unspecified atom stereocenters. The highest BCUT2D eigenvalue weighted by molar-refractivity contribution is 5.47. The van der Waals surface area contributed by atoms with E-state index in [4.69, 9.17) is 4.74 Å². The van der Waals surface area contributed by atoms with E-state index in [0.717, 1.165) is 24.6 Å². The number of rotatable bonds is 6. The van der Waals surface area contributed by atoms with Crippen LogP contribution >= 0.6 is 0 Å². The van der Waals surface area contributed by atoms with Crippen LogP contribution in [-0.2, 0) is 12.0 Å². The molecular weight excluding hydrogens is 282 g/mol. The molecule has 23 heavy (non-hydrogen) atoms. The fourth-order valence-electron chi connectivity index (χ4n) is 2.33. The van der Waals surface area contributed by atoms with Crippen LogP contribution in [0.15, 0.2) is 48.5 Å². The molecule has 0 atom stereocenters. The second-order valence-corrected chi connectivity index (χ2v) is 7.49. The first kappa shape index (κ1) is 17.4. The first-order valence-corrected chi connectivity index (χ1v) is 8.41. The molecule has 2 rings (SSSR count). The van der Waals surface area contributed by atoms with Crippen LogP contribution < -0.4 is 10.1 Å². The predicted molar refractivity (Wildman–Crippen MR) is 99.2 cm³/mol. The molecule has 2 aromatic rings. The Hall–Kier alpha value is -1.96. The van der Waals surface area contributed by atoms with Gasteiger partial charge in [-0.25, -0.2) is 0 Å². The van der Waals surface area contributed by atoms with Crippen LogP contribution in [0.4, 0.5) is 5.69 Å². The lowest BCUT2D eigenvalue weighted by Gasteiger charge is -2.19. The molecule has 0 saturated carbocycles.